The Morgan fingerprint density at radius 2 is 2.14 bits per heavy atom. The number of nitrogens with one attached hydrogen (secondary N) is 2. The maximum absolute atomic E-state index is 12.9. The zero-order valence-electron chi connectivity index (χ0n) is 18.3. The van der Waals surface area contributed by atoms with Gasteiger partial charge in [-0.2, -0.15) is 0 Å². The molecule has 0 aromatic heterocycles. The number of unbranched alkanes of at least 4 members (excludes halogenated alkanes) is 2. The van der Waals surface area contributed by atoms with Crippen LogP contribution in [0.15, 0.2) is 28.8 Å². The Kier molecular flexibility index (Phi) is 8.29. The smallest absolute Gasteiger partial charge is 0.314 e. The lowest BCUT2D eigenvalue weighted by Gasteiger charge is -2.25. The molecule has 0 aromatic rings. The van der Waals surface area contributed by atoms with E-state index in [1.165, 1.54) is 0 Å². The first-order valence-corrected chi connectivity index (χ1v) is 10.8. The van der Waals surface area contributed by atoms with Gasteiger partial charge < -0.3 is 16.4 Å². The van der Waals surface area contributed by atoms with Gasteiger partial charge in [-0.05, 0) is 43.6 Å². The number of allylic oxidation sites excluding steroid dienone is 1. The summed E-state index contributed by atoms with van der Waals surface area (Å²) in [5.74, 6) is 0.816. The van der Waals surface area contributed by atoms with Gasteiger partial charge >= 0.3 is 6.03 Å². The molecule has 7 nitrogen and oxygen atoms in total. The molecule has 2 atom stereocenters. The molecule has 0 saturated heterocycles. The molecule has 1 heterocycles. The second-order valence-corrected chi connectivity index (χ2v) is 8.72. The van der Waals surface area contributed by atoms with Gasteiger partial charge in [0.1, 0.15) is 5.54 Å². The van der Waals surface area contributed by atoms with Crippen LogP contribution in [0.3, 0.4) is 0 Å². The van der Waals surface area contributed by atoms with Gasteiger partial charge in [0.25, 0.3) is 5.91 Å². The number of aliphatic imine (C=N–C) groups is 1. The summed E-state index contributed by atoms with van der Waals surface area (Å²) in [6.45, 7) is 9.84. The molecule has 0 spiro atoms. The van der Waals surface area contributed by atoms with Gasteiger partial charge in [0.05, 0.1) is 6.54 Å². The minimum atomic E-state index is -0.770. The average Bonchev–Trinajstić information content (AvgIpc) is 2.86. The number of guanidine groups is 1. The summed E-state index contributed by atoms with van der Waals surface area (Å²) in [5, 5.41) is 5.83. The highest BCUT2D eigenvalue weighted by Crippen LogP contribution is 2.29. The zero-order chi connectivity index (χ0) is 21.4. The third kappa shape index (κ3) is 6.61. The van der Waals surface area contributed by atoms with E-state index in [1.54, 1.807) is 4.90 Å². The molecule has 0 bridgehead atoms. The van der Waals surface area contributed by atoms with Crippen LogP contribution in [0.4, 0.5) is 4.79 Å². The minimum Gasteiger partial charge on any atom is -0.369 e. The van der Waals surface area contributed by atoms with Crippen molar-refractivity contribution in [3.05, 3.63) is 23.8 Å². The van der Waals surface area contributed by atoms with Gasteiger partial charge in [-0.1, -0.05) is 51.8 Å². The molecule has 29 heavy (non-hydrogen) atoms. The van der Waals surface area contributed by atoms with E-state index in [0.717, 1.165) is 31.3 Å². The molecule has 0 radical (unpaired) electrons. The number of urea groups is 1. The average molecular weight is 404 g/mol. The number of hydrogen-bond acceptors (Lipinski definition) is 4. The Morgan fingerprint density at radius 1 is 1.38 bits per heavy atom. The van der Waals surface area contributed by atoms with Crippen LogP contribution in [0.25, 0.3) is 0 Å². The summed E-state index contributed by atoms with van der Waals surface area (Å²) in [5.41, 5.74) is 6.33. The summed E-state index contributed by atoms with van der Waals surface area (Å²) in [4.78, 5) is 30.9. The van der Waals surface area contributed by atoms with Crippen LogP contribution >= 0.6 is 0 Å². The van der Waals surface area contributed by atoms with Gasteiger partial charge in [0, 0.05) is 13.1 Å². The van der Waals surface area contributed by atoms with Crippen molar-refractivity contribution in [2.75, 3.05) is 19.6 Å². The van der Waals surface area contributed by atoms with Crippen molar-refractivity contribution in [3.63, 3.8) is 0 Å². The predicted molar refractivity (Wildman–Crippen MR) is 117 cm³/mol. The molecule has 0 aromatic carbocycles. The van der Waals surface area contributed by atoms with Crippen molar-refractivity contribution in [3.8, 4) is 0 Å². The fourth-order valence-electron chi connectivity index (χ4n) is 3.95. The largest absolute Gasteiger partial charge is 0.369 e. The highest BCUT2D eigenvalue weighted by atomic mass is 16.2. The predicted octanol–water partition coefficient (Wildman–Crippen LogP) is 2.94. The zero-order valence-corrected chi connectivity index (χ0v) is 18.3. The first-order valence-electron chi connectivity index (χ1n) is 10.8. The lowest BCUT2D eigenvalue weighted by molar-refractivity contribution is -0.130. The first kappa shape index (κ1) is 23.0. The van der Waals surface area contributed by atoms with Crippen LogP contribution in [0, 0.1) is 11.8 Å². The standard InChI is InChI=1S/C22H37N5O2/c1-5-6-7-11-24-21(29)25-14-17-9-8-10-18(12-17)15-27-19(28)22(4,13-16(2)3)26-20(27)23/h8,10,12,16-17H,5-7,9,11,13-15H2,1-4H3,(H2,23,26)(H2,24,25,29). The van der Waals surface area contributed by atoms with Crippen LogP contribution in [0.5, 0.6) is 0 Å². The molecule has 1 aliphatic heterocycles. The van der Waals surface area contributed by atoms with Crippen molar-refractivity contribution in [2.45, 2.75) is 65.3 Å². The van der Waals surface area contributed by atoms with Crippen molar-refractivity contribution in [2.24, 2.45) is 22.6 Å². The Balaban J connectivity index is 1.87. The van der Waals surface area contributed by atoms with Crippen molar-refractivity contribution in [1.29, 1.82) is 0 Å². The Bertz CT molecular complexity index is 683. The second-order valence-electron chi connectivity index (χ2n) is 8.72. The van der Waals surface area contributed by atoms with E-state index < -0.39 is 5.54 Å². The highest BCUT2D eigenvalue weighted by Gasteiger charge is 2.44. The van der Waals surface area contributed by atoms with Crippen molar-refractivity contribution < 1.29 is 9.59 Å². The molecule has 7 heteroatoms. The number of nitrogens with zero attached hydrogens (tertiary/aromatic N) is 2. The van der Waals surface area contributed by atoms with Crippen LogP contribution in [0.2, 0.25) is 0 Å². The monoisotopic (exact) mass is 403 g/mol. The topological polar surface area (TPSA) is 99.8 Å². The fourth-order valence-corrected chi connectivity index (χ4v) is 3.95. The maximum Gasteiger partial charge on any atom is 0.314 e. The molecular formula is C22H37N5O2. The first-order chi connectivity index (χ1) is 13.7. The quantitative estimate of drug-likeness (QED) is 0.489. The molecule has 162 valence electrons. The normalized spacial score (nSPS) is 24.0. The molecule has 1 aliphatic carbocycles. The van der Waals surface area contributed by atoms with Crippen molar-refractivity contribution in [1.82, 2.24) is 15.5 Å². The van der Waals surface area contributed by atoms with Gasteiger partial charge in [-0.15, -0.1) is 0 Å². The SMILES string of the molecule is CCCCCNC(=O)NCC1C=C(CN2C(=O)C(C)(CC(C)C)N=C2N)C=CC1. The van der Waals surface area contributed by atoms with Crippen molar-refractivity contribution >= 4 is 17.9 Å². The van der Waals surface area contributed by atoms with Gasteiger partial charge in [0.2, 0.25) is 0 Å². The second kappa shape index (κ2) is 10.5. The summed E-state index contributed by atoms with van der Waals surface area (Å²) in [6.07, 6.45) is 11.0. The third-order valence-electron chi connectivity index (χ3n) is 5.30. The van der Waals surface area contributed by atoms with Gasteiger partial charge in [-0.25, -0.2) is 9.79 Å². The number of carbonyl (C=O) groups is 2. The molecule has 4 N–H and O–H groups in total. The number of amides is 3. The van der Waals surface area contributed by atoms with Crippen LogP contribution in [-0.4, -0.2) is 48.0 Å². The molecule has 2 unspecified atom stereocenters. The number of rotatable bonds is 10. The minimum absolute atomic E-state index is 0.0373. The van der Waals surface area contributed by atoms with E-state index in [1.807, 2.05) is 13.0 Å². The van der Waals surface area contributed by atoms with E-state index in [4.69, 9.17) is 5.73 Å². The van der Waals surface area contributed by atoms with E-state index in [-0.39, 0.29) is 17.9 Å². The number of nitrogens with two attached hydrogens (primary N) is 1. The van der Waals surface area contributed by atoms with Gasteiger partial charge in [-0.3, -0.25) is 9.69 Å². The molecule has 2 rings (SSSR count). The Morgan fingerprint density at radius 3 is 2.83 bits per heavy atom. The van der Waals surface area contributed by atoms with E-state index >= 15 is 0 Å². The summed E-state index contributed by atoms with van der Waals surface area (Å²) in [6, 6.07) is -0.124. The van der Waals surface area contributed by atoms with Gasteiger partial charge in [0.15, 0.2) is 5.96 Å². The van der Waals surface area contributed by atoms with Crippen LogP contribution in [-0.2, 0) is 4.79 Å². The van der Waals surface area contributed by atoms with Crippen LogP contribution < -0.4 is 16.4 Å². The molecule has 3 amide bonds. The lowest BCUT2D eigenvalue weighted by atomic mass is 9.90. The summed E-state index contributed by atoms with van der Waals surface area (Å²) >= 11 is 0. The molecule has 0 fully saturated rings. The van der Waals surface area contributed by atoms with E-state index in [2.05, 4.69) is 48.5 Å². The Labute approximate surface area is 174 Å². The third-order valence-corrected chi connectivity index (χ3v) is 5.30. The maximum atomic E-state index is 12.9. The molecular weight excluding hydrogens is 366 g/mol. The van der Waals surface area contributed by atoms with Crippen LogP contribution in [0.1, 0.15) is 59.8 Å². The Hall–Kier alpha value is -2.31. The lowest BCUT2D eigenvalue weighted by Crippen LogP contribution is -2.44. The number of carbonyl (C=O) groups excluding carboxylic acids is 2. The highest BCUT2D eigenvalue weighted by molar-refractivity contribution is 6.06. The fraction of sp³-hybridized carbons (Fsp3) is 0.682. The summed E-state index contributed by atoms with van der Waals surface area (Å²) < 4.78 is 0. The van der Waals surface area contributed by atoms with E-state index in [9.17, 15) is 9.59 Å². The molecule has 2 aliphatic rings. The number of hydrogen-bond donors (Lipinski definition) is 3. The van der Waals surface area contributed by atoms with E-state index in [0.29, 0.717) is 37.9 Å². The molecule has 0 saturated carbocycles. The summed E-state index contributed by atoms with van der Waals surface area (Å²) in [7, 11) is 0.